The number of rotatable bonds is 6. The predicted molar refractivity (Wildman–Crippen MR) is 90.7 cm³/mol. The number of hydrogen-bond acceptors (Lipinski definition) is 4. The molecule has 1 unspecified atom stereocenters. The highest BCUT2D eigenvalue weighted by Crippen LogP contribution is 2.28. The zero-order valence-electron chi connectivity index (χ0n) is 14.4. The Morgan fingerprint density at radius 2 is 1.96 bits per heavy atom. The van der Waals surface area contributed by atoms with E-state index in [1.165, 1.54) is 0 Å². The van der Waals surface area contributed by atoms with E-state index in [0.29, 0.717) is 19.4 Å². The van der Waals surface area contributed by atoms with E-state index in [1.54, 1.807) is 7.11 Å². The maximum atomic E-state index is 12.3. The molecule has 2 N–H and O–H groups in total. The topological polar surface area (TPSA) is 64.8 Å². The van der Waals surface area contributed by atoms with E-state index in [0.717, 1.165) is 31.0 Å². The fraction of sp³-hybridized carbons (Fsp3) is 0.611. The average molecular weight is 320 g/mol. The van der Waals surface area contributed by atoms with E-state index < -0.39 is 0 Å². The quantitative estimate of drug-likeness (QED) is 0.818. The van der Waals surface area contributed by atoms with Crippen LogP contribution in [-0.4, -0.2) is 43.7 Å². The van der Waals surface area contributed by atoms with Gasteiger partial charge in [-0.25, -0.2) is 0 Å². The molecule has 0 bridgehead atoms. The second kappa shape index (κ2) is 7.68. The fourth-order valence-corrected chi connectivity index (χ4v) is 2.83. The molecule has 128 valence electrons. The van der Waals surface area contributed by atoms with Crippen molar-refractivity contribution in [2.24, 2.45) is 11.1 Å². The van der Waals surface area contributed by atoms with Crippen molar-refractivity contribution in [3.05, 3.63) is 24.3 Å². The summed E-state index contributed by atoms with van der Waals surface area (Å²) in [7, 11) is 1.64. The monoisotopic (exact) mass is 320 g/mol. The Labute approximate surface area is 138 Å². The number of methoxy groups -OCH3 is 1. The van der Waals surface area contributed by atoms with Crippen molar-refractivity contribution >= 4 is 5.91 Å². The Morgan fingerprint density at radius 3 is 2.57 bits per heavy atom. The van der Waals surface area contributed by atoms with Crippen LogP contribution in [0.3, 0.4) is 0 Å². The molecule has 1 fully saturated rings. The van der Waals surface area contributed by atoms with Crippen LogP contribution < -0.4 is 15.2 Å². The molecule has 1 heterocycles. The van der Waals surface area contributed by atoms with E-state index in [2.05, 4.69) is 13.8 Å². The van der Waals surface area contributed by atoms with Gasteiger partial charge in [0.25, 0.3) is 0 Å². The SMILES string of the molecule is COc1ccc(OCCCC(=O)N2CCC(N)C(C)(C)C2)cc1. The largest absolute Gasteiger partial charge is 0.497 e. The smallest absolute Gasteiger partial charge is 0.222 e. The first-order valence-electron chi connectivity index (χ1n) is 8.22. The summed E-state index contributed by atoms with van der Waals surface area (Å²) in [6.45, 7) is 6.30. The Kier molecular flexibility index (Phi) is 5.88. The third-order valence-corrected chi connectivity index (χ3v) is 4.53. The van der Waals surface area contributed by atoms with Gasteiger partial charge in [-0.1, -0.05) is 13.8 Å². The Bertz CT molecular complexity index is 514. The molecule has 1 saturated heterocycles. The molecule has 5 nitrogen and oxygen atoms in total. The minimum Gasteiger partial charge on any atom is -0.497 e. The van der Waals surface area contributed by atoms with Gasteiger partial charge in [0.15, 0.2) is 0 Å². The van der Waals surface area contributed by atoms with Gasteiger partial charge in [0.2, 0.25) is 5.91 Å². The van der Waals surface area contributed by atoms with E-state index >= 15 is 0 Å². The van der Waals surface area contributed by atoms with Crippen LogP contribution >= 0.6 is 0 Å². The molecule has 1 aliphatic heterocycles. The van der Waals surface area contributed by atoms with E-state index in [1.807, 2.05) is 29.2 Å². The first-order chi connectivity index (χ1) is 10.9. The molecule has 1 amide bonds. The summed E-state index contributed by atoms with van der Waals surface area (Å²) in [5.74, 6) is 1.80. The second-order valence-corrected chi connectivity index (χ2v) is 6.83. The summed E-state index contributed by atoms with van der Waals surface area (Å²) >= 11 is 0. The molecular formula is C18H28N2O3. The minimum atomic E-state index is -0.00644. The number of carbonyl (C=O) groups excluding carboxylic acids is 1. The number of carbonyl (C=O) groups is 1. The lowest BCUT2D eigenvalue weighted by Crippen LogP contribution is -2.54. The summed E-state index contributed by atoms with van der Waals surface area (Å²) in [6.07, 6.45) is 2.11. The fourth-order valence-electron chi connectivity index (χ4n) is 2.83. The number of nitrogens with zero attached hydrogens (tertiary/aromatic N) is 1. The molecule has 0 spiro atoms. The van der Waals surface area contributed by atoms with Crippen molar-refractivity contribution in [2.75, 3.05) is 26.8 Å². The lowest BCUT2D eigenvalue weighted by molar-refractivity contribution is -0.134. The van der Waals surface area contributed by atoms with Crippen molar-refractivity contribution in [3.8, 4) is 11.5 Å². The predicted octanol–water partition coefficient (Wildman–Crippen LogP) is 2.44. The van der Waals surface area contributed by atoms with E-state index in [-0.39, 0.29) is 17.4 Å². The van der Waals surface area contributed by atoms with Crippen LogP contribution in [0.25, 0.3) is 0 Å². The lowest BCUT2D eigenvalue weighted by atomic mass is 9.79. The van der Waals surface area contributed by atoms with Crippen LogP contribution in [0.5, 0.6) is 11.5 Å². The van der Waals surface area contributed by atoms with Gasteiger partial charge in [-0.2, -0.15) is 0 Å². The van der Waals surface area contributed by atoms with Crippen LogP contribution in [0.2, 0.25) is 0 Å². The maximum absolute atomic E-state index is 12.3. The van der Waals surface area contributed by atoms with Gasteiger partial charge >= 0.3 is 0 Å². The molecule has 1 atom stereocenters. The number of hydrogen-bond donors (Lipinski definition) is 1. The van der Waals surface area contributed by atoms with Gasteiger partial charge in [-0.05, 0) is 42.5 Å². The van der Waals surface area contributed by atoms with Crippen LogP contribution in [0.15, 0.2) is 24.3 Å². The van der Waals surface area contributed by atoms with Gasteiger partial charge in [0.1, 0.15) is 11.5 Å². The summed E-state index contributed by atoms with van der Waals surface area (Å²) in [5.41, 5.74) is 6.11. The Balaban J connectivity index is 1.70. The Hall–Kier alpha value is -1.75. The van der Waals surface area contributed by atoms with Gasteiger partial charge in [0.05, 0.1) is 13.7 Å². The number of nitrogens with two attached hydrogens (primary N) is 1. The number of piperidine rings is 1. The highest BCUT2D eigenvalue weighted by molar-refractivity contribution is 5.76. The zero-order valence-corrected chi connectivity index (χ0v) is 14.4. The van der Waals surface area contributed by atoms with Crippen molar-refractivity contribution in [2.45, 2.75) is 39.2 Å². The van der Waals surface area contributed by atoms with Gasteiger partial charge < -0.3 is 20.1 Å². The van der Waals surface area contributed by atoms with Gasteiger partial charge in [-0.15, -0.1) is 0 Å². The zero-order chi connectivity index (χ0) is 16.9. The van der Waals surface area contributed by atoms with Crippen LogP contribution in [0.4, 0.5) is 0 Å². The molecule has 1 aliphatic rings. The molecule has 5 heteroatoms. The first-order valence-corrected chi connectivity index (χ1v) is 8.22. The molecule has 0 aliphatic carbocycles. The standard InChI is InChI=1S/C18H28N2O3/c1-18(2)13-20(11-10-16(18)19)17(21)5-4-12-23-15-8-6-14(22-3)7-9-15/h6-9,16H,4-5,10-13,19H2,1-3H3. The first kappa shape index (κ1) is 17.6. The average Bonchev–Trinajstić information content (AvgIpc) is 2.54. The summed E-state index contributed by atoms with van der Waals surface area (Å²) < 4.78 is 10.8. The molecule has 1 aromatic carbocycles. The highest BCUT2D eigenvalue weighted by Gasteiger charge is 2.34. The summed E-state index contributed by atoms with van der Waals surface area (Å²) in [5, 5.41) is 0. The number of likely N-dealkylation sites (tertiary alicyclic amines) is 1. The molecule has 0 aromatic heterocycles. The minimum absolute atomic E-state index is 0.00644. The molecular weight excluding hydrogens is 292 g/mol. The van der Waals surface area contributed by atoms with Gasteiger partial charge in [0, 0.05) is 25.6 Å². The van der Waals surface area contributed by atoms with Crippen molar-refractivity contribution in [1.29, 1.82) is 0 Å². The van der Waals surface area contributed by atoms with Crippen molar-refractivity contribution < 1.29 is 14.3 Å². The number of ether oxygens (including phenoxy) is 2. The van der Waals surface area contributed by atoms with Crippen LogP contribution in [-0.2, 0) is 4.79 Å². The van der Waals surface area contributed by atoms with Gasteiger partial charge in [-0.3, -0.25) is 4.79 Å². The van der Waals surface area contributed by atoms with Crippen molar-refractivity contribution in [3.63, 3.8) is 0 Å². The molecule has 1 aromatic rings. The Morgan fingerprint density at radius 1 is 1.30 bits per heavy atom. The lowest BCUT2D eigenvalue weighted by Gasteiger charge is -2.42. The number of amides is 1. The molecule has 2 rings (SSSR count). The van der Waals surface area contributed by atoms with E-state index in [9.17, 15) is 4.79 Å². The molecule has 0 saturated carbocycles. The second-order valence-electron chi connectivity index (χ2n) is 6.83. The maximum Gasteiger partial charge on any atom is 0.222 e. The summed E-state index contributed by atoms with van der Waals surface area (Å²) in [4.78, 5) is 14.2. The molecule has 23 heavy (non-hydrogen) atoms. The van der Waals surface area contributed by atoms with E-state index in [4.69, 9.17) is 15.2 Å². The molecule has 0 radical (unpaired) electrons. The van der Waals surface area contributed by atoms with Crippen LogP contribution in [0.1, 0.15) is 33.1 Å². The summed E-state index contributed by atoms with van der Waals surface area (Å²) in [6, 6.07) is 7.63. The highest BCUT2D eigenvalue weighted by atomic mass is 16.5. The third kappa shape index (κ3) is 4.86. The third-order valence-electron chi connectivity index (χ3n) is 4.53. The van der Waals surface area contributed by atoms with Crippen molar-refractivity contribution in [1.82, 2.24) is 4.90 Å². The number of benzene rings is 1. The normalized spacial score (nSPS) is 20.2. The van der Waals surface area contributed by atoms with Crippen LogP contribution in [0, 0.1) is 5.41 Å².